The quantitative estimate of drug-likeness (QED) is 0.898. The lowest BCUT2D eigenvalue weighted by atomic mass is 9.71. The van der Waals surface area contributed by atoms with E-state index in [1.54, 1.807) is 0 Å². The van der Waals surface area contributed by atoms with Crippen LogP contribution in [0.3, 0.4) is 0 Å². The van der Waals surface area contributed by atoms with E-state index in [-0.39, 0.29) is 0 Å². The molecule has 3 heteroatoms. The van der Waals surface area contributed by atoms with Crippen LogP contribution in [-0.4, -0.2) is 18.3 Å². The molecule has 0 saturated heterocycles. The molecule has 1 saturated carbocycles. The Kier molecular flexibility index (Phi) is 4.12. The van der Waals surface area contributed by atoms with E-state index < -0.39 is 5.60 Å². The number of aliphatic hydroxyl groups is 1. The van der Waals surface area contributed by atoms with Gasteiger partial charge in [-0.2, -0.15) is 0 Å². The molecule has 0 bridgehead atoms. The molecule has 1 fully saturated rings. The normalized spacial score (nSPS) is 29.2. The van der Waals surface area contributed by atoms with Crippen LogP contribution in [0.2, 0.25) is 0 Å². The first-order valence-electron chi connectivity index (χ1n) is 8.21. The highest BCUT2D eigenvalue weighted by atomic mass is 16.5. The number of fused-ring (bicyclic) bond motifs is 1. The van der Waals surface area contributed by atoms with E-state index in [2.05, 4.69) is 13.8 Å². The molecule has 2 atom stereocenters. The average Bonchev–Trinajstić information content (AvgIpc) is 2.71. The second kappa shape index (κ2) is 5.88. The molecule has 2 unspecified atom stereocenters. The van der Waals surface area contributed by atoms with Gasteiger partial charge < -0.3 is 14.6 Å². The number of hydrogen-bond acceptors (Lipinski definition) is 3. The van der Waals surface area contributed by atoms with E-state index in [1.165, 1.54) is 6.42 Å². The van der Waals surface area contributed by atoms with Crippen LogP contribution in [0.25, 0.3) is 0 Å². The summed E-state index contributed by atoms with van der Waals surface area (Å²) in [4.78, 5) is 0. The Morgan fingerprint density at radius 3 is 2.67 bits per heavy atom. The van der Waals surface area contributed by atoms with Crippen LogP contribution in [0.15, 0.2) is 18.2 Å². The summed E-state index contributed by atoms with van der Waals surface area (Å²) in [7, 11) is 0. The first kappa shape index (κ1) is 14.7. The summed E-state index contributed by atoms with van der Waals surface area (Å²) in [5, 5.41) is 11.1. The van der Waals surface area contributed by atoms with Crippen molar-refractivity contribution in [2.75, 3.05) is 13.2 Å². The third-order valence-corrected chi connectivity index (χ3v) is 4.99. The molecule has 2 aliphatic rings. The molecule has 1 aliphatic carbocycles. The van der Waals surface area contributed by atoms with E-state index in [0.29, 0.717) is 25.0 Å². The molecule has 0 aromatic heterocycles. The Hall–Kier alpha value is -1.22. The van der Waals surface area contributed by atoms with Gasteiger partial charge in [0.05, 0.1) is 18.8 Å². The van der Waals surface area contributed by atoms with Gasteiger partial charge in [0.15, 0.2) is 11.5 Å². The number of ether oxygens (including phenoxy) is 2. The third-order valence-electron chi connectivity index (χ3n) is 4.99. The number of hydrogen-bond donors (Lipinski definition) is 1. The molecule has 0 spiro atoms. The summed E-state index contributed by atoms with van der Waals surface area (Å²) >= 11 is 0. The summed E-state index contributed by atoms with van der Waals surface area (Å²) in [6, 6.07) is 5.95. The lowest BCUT2D eigenvalue weighted by molar-refractivity contribution is -0.0297. The van der Waals surface area contributed by atoms with E-state index in [0.717, 1.165) is 42.7 Å². The fourth-order valence-electron chi connectivity index (χ4n) is 3.58. The Labute approximate surface area is 127 Å². The van der Waals surface area contributed by atoms with Gasteiger partial charge in [0.25, 0.3) is 0 Å². The van der Waals surface area contributed by atoms with Gasteiger partial charge in [0.2, 0.25) is 0 Å². The van der Waals surface area contributed by atoms with Crippen molar-refractivity contribution in [3.8, 4) is 11.5 Å². The van der Waals surface area contributed by atoms with Gasteiger partial charge >= 0.3 is 0 Å². The van der Waals surface area contributed by atoms with Crippen LogP contribution in [-0.2, 0) is 5.60 Å². The molecule has 0 amide bonds. The Bertz CT molecular complexity index is 497. The zero-order chi connectivity index (χ0) is 14.9. The summed E-state index contributed by atoms with van der Waals surface area (Å²) in [6.45, 7) is 5.89. The second-order valence-electron chi connectivity index (χ2n) is 6.84. The topological polar surface area (TPSA) is 38.7 Å². The predicted octanol–water partition coefficient (Wildman–Crippen LogP) is 3.88. The maximum atomic E-state index is 11.1. The number of rotatable bonds is 2. The summed E-state index contributed by atoms with van der Waals surface area (Å²) in [5.41, 5.74) is 0.273. The molecule has 1 heterocycles. The molecule has 1 N–H and O–H groups in total. The molecule has 1 aliphatic heterocycles. The zero-order valence-corrected chi connectivity index (χ0v) is 13.1. The molecule has 116 valence electrons. The van der Waals surface area contributed by atoms with Gasteiger partial charge in [0, 0.05) is 6.42 Å². The minimum Gasteiger partial charge on any atom is -0.490 e. The number of benzene rings is 1. The monoisotopic (exact) mass is 290 g/mol. The van der Waals surface area contributed by atoms with Crippen LogP contribution < -0.4 is 9.47 Å². The van der Waals surface area contributed by atoms with E-state index in [1.807, 2.05) is 18.2 Å². The molecule has 21 heavy (non-hydrogen) atoms. The first-order chi connectivity index (χ1) is 10.1. The summed E-state index contributed by atoms with van der Waals surface area (Å²) in [6.07, 6.45) is 4.92. The molecule has 3 nitrogen and oxygen atoms in total. The Morgan fingerprint density at radius 2 is 1.90 bits per heavy atom. The van der Waals surface area contributed by atoms with Crippen LogP contribution in [0, 0.1) is 11.8 Å². The van der Waals surface area contributed by atoms with Crippen molar-refractivity contribution in [3.05, 3.63) is 23.8 Å². The van der Waals surface area contributed by atoms with Crippen LogP contribution in [0.1, 0.15) is 51.5 Å². The van der Waals surface area contributed by atoms with Crippen molar-refractivity contribution in [2.24, 2.45) is 11.8 Å². The first-order valence-corrected chi connectivity index (χ1v) is 8.21. The fraction of sp³-hybridized carbons (Fsp3) is 0.667. The highest BCUT2D eigenvalue weighted by molar-refractivity contribution is 5.45. The summed E-state index contributed by atoms with van der Waals surface area (Å²) < 4.78 is 11.4. The van der Waals surface area contributed by atoms with Crippen molar-refractivity contribution < 1.29 is 14.6 Å². The Balaban J connectivity index is 1.86. The maximum absolute atomic E-state index is 11.1. The molecule has 1 aromatic carbocycles. The van der Waals surface area contributed by atoms with Gasteiger partial charge in [-0.25, -0.2) is 0 Å². The lowest BCUT2D eigenvalue weighted by Crippen LogP contribution is -2.34. The summed E-state index contributed by atoms with van der Waals surface area (Å²) in [5.74, 6) is 2.80. The standard InChI is InChI=1S/C18H26O3/c1-13(2)14-5-3-8-18(19,12-14)15-6-7-16-17(11-15)21-10-4-9-20-16/h6-7,11,13-14,19H,3-5,8-10,12H2,1-2H3. The molecular formula is C18H26O3. The Morgan fingerprint density at radius 1 is 1.14 bits per heavy atom. The molecular weight excluding hydrogens is 264 g/mol. The van der Waals surface area contributed by atoms with E-state index >= 15 is 0 Å². The SMILES string of the molecule is CC(C)C1CCCC(O)(c2ccc3c(c2)OCCCO3)C1. The average molecular weight is 290 g/mol. The highest BCUT2D eigenvalue weighted by Crippen LogP contribution is 2.44. The third kappa shape index (κ3) is 3.03. The highest BCUT2D eigenvalue weighted by Gasteiger charge is 2.37. The van der Waals surface area contributed by atoms with Crippen molar-refractivity contribution in [3.63, 3.8) is 0 Å². The largest absolute Gasteiger partial charge is 0.490 e. The molecule has 3 rings (SSSR count). The smallest absolute Gasteiger partial charge is 0.161 e. The van der Waals surface area contributed by atoms with E-state index in [9.17, 15) is 5.11 Å². The van der Waals surface area contributed by atoms with Gasteiger partial charge in [-0.05, 0) is 55.2 Å². The van der Waals surface area contributed by atoms with Crippen molar-refractivity contribution in [2.45, 2.75) is 51.6 Å². The van der Waals surface area contributed by atoms with Crippen molar-refractivity contribution in [1.82, 2.24) is 0 Å². The fourth-order valence-corrected chi connectivity index (χ4v) is 3.58. The lowest BCUT2D eigenvalue weighted by Gasteiger charge is -2.39. The van der Waals surface area contributed by atoms with Crippen LogP contribution in [0.5, 0.6) is 11.5 Å². The van der Waals surface area contributed by atoms with Crippen molar-refractivity contribution >= 4 is 0 Å². The second-order valence-corrected chi connectivity index (χ2v) is 6.84. The predicted molar refractivity (Wildman–Crippen MR) is 82.7 cm³/mol. The zero-order valence-electron chi connectivity index (χ0n) is 13.1. The van der Waals surface area contributed by atoms with Crippen LogP contribution >= 0.6 is 0 Å². The molecule has 1 aromatic rings. The van der Waals surface area contributed by atoms with Crippen LogP contribution in [0.4, 0.5) is 0 Å². The minimum absolute atomic E-state index is 0.597. The van der Waals surface area contributed by atoms with Gasteiger partial charge in [-0.3, -0.25) is 0 Å². The molecule has 0 radical (unpaired) electrons. The van der Waals surface area contributed by atoms with Gasteiger partial charge in [0.1, 0.15) is 0 Å². The maximum Gasteiger partial charge on any atom is 0.161 e. The van der Waals surface area contributed by atoms with Gasteiger partial charge in [-0.1, -0.05) is 19.9 Å². The van der Waals surface area contributed by atoms with E-state index in [4.69, 9.17) is 9.47 Å². The van der Waals surface area contributed by atoms with Gasteiger partial charge in [-0.15, -0.1) is 0 Å². The minimum atomic E-state index is -0.710. The van der Waals surface area contributed by atoms with Crippen molar-refractivity contribution in [1.29, 1.82) is 0 Å².